The highest BCUT2D eigenvalue weighted by Gasteiger charge is 2.30. The number of rotatable bonds is 6. The number of hydrogen-bond donors (Lipinski definition) is 0. The maximum absolute atomic E-state index is 13.1. The van der Waals surface area contributed by atoms with Crippen molar-refractivity contribution in [1.82, 2.24) is 14.9 Å². The summed E-state index contributed by atoms with van der Waals surface area (Å²) < 4.78 is 5.49. The minimum absolute atomic E-state index is 0.148. The van der Waals surface area contributed by atoms with Crippen LogP contribution in [0.5, 0.6) is 0 Å². The Morgan fingerprint density at radius 1 is 1.19 bits per heavy atom. The number of hydrogen-bond acceptors (Lipinski definition) is 5. The molecule has 0 bridgehead atoms. The van der Waals surface area contributed by atoms with E-state index in [2.05, 4.69) is 23.7 Å². The molecule has 0 N–H and O–H groups in total. The fraction of sp³-hybridized carbons (Fsp3) is 0.750. The molecule has 0 radical (unpaired) electrons. The molecule has 26 heavy (non-hydrogen) atoms. The number of ether oxygens (including phenoxy) is 1. The third kappa shape index (κ3) is 4.17. The van der Waals surface area contributed by atoms with Gasteiger partial charge in [0.25, 0.3) is 0 Å². The largest absolute Gasteiger partial charge is 0.378 e. The van der Waals surface area contributed by atoms with E-state index >= 15 is 0 Å². The van der Waals surface area contributed by atoms with Gasteiger partial charge in [0, 0.05) is 37.5 Å². The number of anilines is 1. The first kappa shape index (κ1) is 19.1. The predicted molar refractivity (Wildman–Crippen MR) is 102 cm³/mol. The topological polar surface area (TPSA) is 58.6 Å². The number of fused-ring (bicyclic) bond motifs is 1. The Balaban J connectivity index is 1.81. The van der Waals surface area contributed by atoms with Gasteiger partial charge < -0.3 is 14.5 Å². The van der Waals surface area contributed by atoms with Gasteiger partial charge in [-0.1, -0.05) is 26.7 Å². The molecule has 1 aromatic rings. The van der Waals surface area contributed by atoms with E-state index in [1.54, 1.807) is 0 Å². The summed E-state index contributed by atoms with van der Waals surface area (Å²) >= 11 is 0. The molecular formula is C20H32N4O2. The van der Waals surface area contributed by atoms with Crippen LogP contribution in [0.4, 0.5) is 5.82 Å². The average Bonchev–Trinajstić information content (AvgIpc) is 2.68. The standard InChI is InChI=1S/C20H32N4O2/c1-4-6-7-16(5-2)20(25)24-9-8-18-17(14-24)19(22-15(3)21-18)23-10-12-26-13-11-23/h16H,4-14H2,1-3H3/t16-/m0/s1. The predicted octanol–water partition coefficient (Wildman–Crippen LogP) is 2.72. The van der Waals surface area contributed by atoms with E-state index in [4.69, 9.17) is 9.72 Å². The first-order chi connectivity index (χ1) is 12.6. The lowest BCUT2D eigenvalue weighted by Gasteiger charge is -2.35. The summed E-state index contributed by atoms with van der Waals surface area (Å²) in [7, 11) is 0. The first-order valence-electron chi connectivity index (χ1n) is 10.1. The monoisotopic (exact) mass is 360 g/mol. The van der Waals surface area contributed by atoms with Crippen LogP contribution >= 0.6 is 0 Å². The molecule has 3 rings (SSSR count). The van der Waals surface area contributed by atoms with E-state index in [1.807, 2.05) is 11.8 Å². The Kier molecular flexibility index (Phi) is 6.46. The van der Waals surface area contributed by atoms with Crippen LogP contribution in [0.1, 0.15) is 56.6 Å². The van der Waals surface area contributed by atoms with E-state index in [1.165, 1.54) is 0 Å². The van der Waals surface area contributed by atoms with Gasteiger partial charge >= 0.3 is 0 Å². The van der Waals surface area contributed by atoms with E-state index in [0.717, 1.165) is 87.9 Å². The first-order valence-corrected chi connectivity index (χ1v) is 10.1. The molecule has 0 unspecified atom stereocenters. The number of carbonyl (C=O) groups excluding carboxylic acids is 1. The van der Waals surface area contributed by atoms with Crippen LogP contribution < -0.4 is 4.90 Å². The molecule has 1 fully saturated rings. The van der Waals surface area contributed by atoms with Crippen LogP contribution in [0.2, 0.25) is 0 Å². The molecule has 0 aliphatic carbocycles. The third-order valence-corrected chi connectivity index (χ3v) is 5.52. The lowest BCUT2D eigenvalue weighted by atomic mass is 9.96. The Labute approximate surface area is 156 Å². The zero-order chi connectivity index (χ0) is 18.5. The van der Waals surface area contributed by atoms with E-state index in [-0.39, 0.29) is 5.92 Å². The summed E-state index contributed by atoms with van der Waals surface area (Å²) in [5.74, 6) is 2.28. The van der Waals surface area contributed by atoms with Gasteiger partial charge in [-0.05, 0) is 19.8 Å². The van der Waals surface area contributed by atoms with Crippen LogP contribution in [0.25, 0.3) is 0 Å². The summed E-state index contributed by atoms with van der Waals surface area (Å²) in [5.41, 5.74) is 2.26. The highest BCUT2D eigenvalue weighted by molar-refractivity contribution is 5.79. The lowest BCUT2D eigenvalue weighted by Crippen LogP contribution is -2.42. The molecule has 0 saturated carbocycles. The van der Waals surface area contributed by atoms with Crippen molar-refractivity contribution in [2.45, 2.75) is 59.4 Å². The number of morpholine rings is 1. The molecule has 0 spiro atoms. The molecule has 2 aliphatic rings. The normalized spacial score (nSPS) is 18.6. The third-order valence-electron chi connectivity index (χ3n) is 5.52. The number of unbranched alkanes of at least 4 members (excludes halogenated alkanes) is 1. The average molecular weight is 361 g/mol. The molecule has 1 aromatic heterocycles. The van der Waals surface area contributed by atoms with Crippen molar-refractivity contribution >= 4 is 11.7 Å². The Morgan fingerprint density at radius 3 is 2.65 bits per heavy atom. The van der Waals surface area contributed by atoms with Crippen LogP contribution in [-0.2, 0) is 22.5 Å². The van der Waals surface area contributed by atoms with E-state index in [0.29, 0.717) is 12.5 Å². The van der Waals surface area contributed by atoms with E-state index < -0.39 is 0 Å². The summed E-state index contributed by atoms with van der Waals surface area (Å²) in [6.07, 6.45) is 5.00. The number of aromatic nitrogens is 2. The SMILES string of the molecule is CCCC[C@H](CC)C(=O)N1CCc2nc(C)nc(N3CCOCC3)c2C1. The van der Waals surface area contributed by atoms with Gasteiger partial charge in [-0.25, -0.2) is 9.97 Å². The molecule has 144 valence electrons. The van der Waals surface area contributed by atoms with E-state index in [9.17, 15) is 4.79 Å². The second-order valence-electron chi connectivity index (χ2n) is 7.38. The van der Waals surface area contributed by atoms with Crippen LogP contribution in [0.3, 0.4) is 0 Å². The number of nitrogens with zero attached hydrogens (tertiary/aromatic N) is 4. The summed E-state index contributed by atoms with van der Waals surface area (Å²) in [5, 5.41) is 0. The molecule has 1 saturated heterocycles. The van der Waals surface area contributed by atoms with Gasteiger partial charge in [-0.3, -0.25) is 4.79 Å². The maximum atomic E-state index is 13.1. The maximum Gasteiger partial charge on any atom is 0.225 e. The molecule has 6 nitrogen and oxygen atoms in total. The highest BCUT2D eigenvalue weighted by atomic mass is 16.5. The van der Waals surface area contributed by atoms with Crippen molar-refractivity contribution in [3.05, 3.63) is 17.1 Å². The van der Waals surface area contributed by atoms with Gasteiger partial charge in [0.05, 0.1) is 25.5 Å². The van der Waals surface area contributed by atoms with Gasteiger partial charge in [0.1, 0.15) is 11.6 Å². The fourth-order valence-electron chi connectivity index (χ4n) is 3.95. The zero-order valence-electron chi connectivity index (χ0n) is 16.5. The summed E-state index contributed by atoms with van der Waals surface area (Å²) in [4.78, 5) is 26.8. The molecule has 2 aliphatic heterocycles. The van der Waals surface area contributed by atoms with Crippen LogP contribution in [0.15, 0.2) is 0 Å². The highest BCUT2D eigenvalue weighted by Crippen LogP contribution is 2.29. The molecule has 3 heterocycles. The van der Waals surface area contributed by atoms with Crippen molar-refractivity contribution in [3.63, 3.8) is 0 Å². The summed E-state index contributed by atoms with van der Waals surface area (Å²) in [6, 6.07) is 0. The minimum Gasteiger partial charge on any atom is -0.378 e. The van der Waals surface area contributed by atoms with Gasteiger partial charge in [-0.15, -0.1) is 0 Å². The zero-order valence-corrected chi connectivity index (χ0v) is 16.5. The van der Waals surface area contributed by atoms with Gasteiger partial charge in [-0.2, -0.15) is 0 Å². The second kappa shape index (κ2) is 8.80. The van der Waals surface area contributed by atoms with Crippen LogP contribution in [0, 0.1) is 12.8 Å². The Bertz CT molecular complexity index is 628. The molecule has 1 atom stereocenters. The molecule has 1 amide bonds. The molecule has 6 heteroatoms. The smallest absolute Gasteiger partial charge is 0.225 e. The van der Waals surface area contributed by atoms with Crippen LogP contribution in [-0.4, -0.2) is 53.6 Å². The Morgan fingerprint density at radius 2 is 1.96 bits per heavy atom. The van der Waals surface area contributed by atoms with Crippen molar-refractivity contribution in [3.8, 4) is 0 Å². The second-order valence-corrected chi connectivity index (χ2v) is 7.38. The van der Waals surface area contributed by atoms with Crippen molar-refractivity contribution in [1.29, 1.82) is 0 Å². The summed E-state index contributed by atoms with van der Waals surface area (Å²) in [6.45, 7) is 10.8. The number of aryl methyl sites for hydroxylation is 1. The fourth-order valence-corrected chi connectivity index (χ4v) is 3.95. The minimum atomic E-state index is 0.148. The molecule has 0 aromatic carbocycles. The Hall–Kier alpha value is -1.69. The van der Waals surface area contributed by atoms with Crippen molar-refractivity contribution in [2.24, 2.45) is 5.92 Å². The molecular weight excluding hydrogens is 328 g/mol. The number of carbonyl (C=O) groups is 1. The lowest BCUT2D eigenvalue weighted by molar-refractivity contribution is -0.136. The number of amides is 1. The van der Waals surface area contributed by atoms with Gasteiger partial charge in [0.2, 0.25) is 5.91 Å². The quantitative estimate of drug-likeness (QED) is 0.781. The van der Waals surface area contributed by atoms with Gasteiger partial charge in [0.15, 0.2) is 0 Å². The van der Waals surface area contributed by atoms with Crippen molar-refractivity contribution < 1.29 is 9.53 Å². The van der Waals surface area contributed by atoms with Crippen molar-refractivity contribution in [2.75, 3.05) is 37.7 Å².